The van der Waals surface area contributed by atoms with Gasteiger partial charge in [-0.2, -0.15) is 5.10 Å². The van der Waals surface area contributed by atoms with Gasteiger partial charge in [0.15, 0.2) is 0 Å². The number of ether oxygens (including phenoxy) is 1. The number of aromatic nitrogens is 2. The Hall–Kier alpha value is -1.88. The van der Waals surface area contributed by atoms with E-state index in [0.29, 0.717) is 12.4 Å². The molecule has 2 rings (SSSR count). The summed E-state index contributed by atoms with van der Waals surface area (Å²) in [6, 6.07) is 6.09. The summed E-state index contributed by atoms with van der Waals surface area (Å²) in [5, 5.41) is 4.25. The van der Waals surface area contributed by atoms with Crippen molar-refractivity contribution in [2.75, 3.05) is 26.7 Å². The second-order valence-corrected chi connectivity index (χ2v) is 4.89. The molecule has 0 atom stereocenters. The lowest BCUT2D eigenvalue weighted by molar-refractivity contribution is 0.230. The van der Waals surface area contributed by atoms with E-state index in [1.807, 2.05) is 31.0 Å². The monoisotopic (exact) mass is 277 g/mol. The summed E-state index contributed by atoms with van der Waals surface area (Å²) in [5.41, 5.74) is 1.17. The first kappa shape index (κ1) is 14.5. The van der Waals surface area contributed by atoms with Crippen LogP contribution in [0.5, 0.6) is 5.75 Å². The number of likely N-dealkylation sites (N-methyl/N-ethyl adjacent to an activating group) is 1. The number of aryl methyl sites for hydroxylation is 1. The summed E-state index contributed by atoms with van der Waals surface area (Å²) in [4.78, 5) is 2.18. The van der Waals surface area contributed by atoms with Crippen LogP contribution in [0.25, 0.3) is 0 Å². The third kappa shape index (κ3) is 4.66. The van der Waals surface area contributed by atoms with Crippen molar-refractivity contribution < 1.29 is 9.13 Å². The maximum absolute atomic E-state index is 12.7. The first-order valence-electron chi connectivity index (χ1n) is 6.69. The standard InChI is InChI=1S/C15H20FN3O/c1-13-11-17-19(12-13)8-7-18(2)9-10-20-15-5-3-14(16)4-6-15/h3-6,11-12H,7-10H2,1-2H3. The van der Waals surface area contributed by atoms with E-state index in [0.717, 1.165) is 19.6 Å². The van der Waals surface area contributed by atoms with E-state index in [9.17, 15) is 4.39 Å². The lowest BCUT2D eigenvalue weighted by atomic mass is 10.3. The third-order valence-electron chi connectivity index (χ3n) is 3.03. The van der Waals surface area contributed by atoms with E-state index < -0.39 is 0 Å². The van der Waals surface area contributed by atoms with Gasteiger partial charge in [0.1, 0.15) is 18.2 Å². The Morgan fingerprint density at radius 1 is 1.25 bits per heavy atom. The largest absolute Gasteiger partial charge is 0.492 e. The number of nitrogens with zero attached hydrogens (tertiary/aromatic N) is 3. The Morgan fingerprint density at radius 2 is 2.00 bits per heavy atom. The van der Waals surface area contributed by atoms with Gasteiger partial charge in [0.2, 0.25) is 0 Å². The summed E-state index contributed by atoms with van der Waals surface area (Å²) in [6.07, 6.45) is 3.89. The van der Waals surface area contributed by atoms with Gasteiger partial charge in [-0.3, -0.25) is 4.68 Å². The molecule has 0 aliphatic rings. The van der Waals surface area contributed by atoms with Crippen molar-refractivity contribution in [2.45, 2.75) is 13.5 Å². The first-order chi connectivity index (χ1) is 9.63. The second-order valence-electron chi connectivity index (χ2n) is 4.89. The zero-order chi connectivity index (χ0) is 14.4. The molecule has 1 heterocycles. The number of rotatable bonds is 7. The van der Waals surface area contributed by atoms with Crippen molar-refractivity contribution in [3.8, 4) is 5.75 Å². The minimum absolute atomic E-state index is 0.246. The molecule has 0 bridgehead atoms. The molecular formula is C15H20FN3O. The number of hydrogen-bond donors (Lipinski definition) is 0. The van der Waals surface area contributed by atoms with E-state index in [4.69, 9.17) is 4.74 Å². The van der Waals surface area contributed by atoms with E-state index in [2.05, 4.69) is 10.00 Å². The zero-order valence-corrected chi connectivity index (χ0v) is 11.9. The van der Waals surface area contributed by atoms with Crippen LogP contribution in [-0.4, -0.2) is 41.4 Å². The summed E-state index contributed by atoms with van der Waals surface area (Å²) < 4.78 is 20.2. The average molecular weight is 277 g/mol. The van der Waals surface area contributed by atoms with Gasteiger partial charge >= 0.3 is 0 Å². The maximum Gasteiger partial charge on any atom is 0.123 e. The number of halogens is 1. The fourth-order valence-electron chi connectivity index (χ4n) is 1.82. The first-order valence-corrected chi connectivity index (χ1v) is 6.69. The molecule has 4 nitrogen and oxygen atoms in total. The topological polar surface area (TPSA) is 30.3 Å². The van der Waals surface area contributed by atoms with E-state index in [-0.39, 0.29) is 5.82 Å². The molecule has 0 unspecified atom stereocenters. The SMILES string of the molecule is Cc1cnn(CCN(C)CCOc2ccc(F)cc2)c1. The van der Waals surface area contributed by atoms with Crippen LogP contribution in [0.2, 0.25) is 0 Å². The molecule has 108 valence electrons. The minimum Gasteiger partial charge on any atom is -0.492 e. The van der Waals surface area contributed by atoms with Gasteiger partial charge < -0.3 is 9.64 Å². The van der Waals surface area contributed by atoms with Crippen molar-refractivity contribution >= 4 is 0 Å². The van der Waals surface area contributed by atoms with Gasteiger partial charge in [-0.05, 0) is 43.8 Å². The fourth-order valence-corrected chi connectivity index (χ4v) is 1.82. The Kier molecular flexibility index (Phi) is 5.12. The molecule has 1 aromatic heterocycles. The van der Waals surface area contributed by atoms with Crippen LogP contribution in [0.15, 0.2) is 36.7 Å². The predicted octanol–water partition coefficient (Wildman–Crippen LogP) is 2.34. The third-order valence-corrected chi connectivity index (χ3v) is 3.03. The van der Waals surface area contributed by atoms with Crippen molar-refractivity contribution in [1.29, 1.82) is 0 Å². The fraction of sp³-hybridized carbons (Fsp3) is 0.400. The Bertz CT molecular complexity index is 524. The van der Waals surface area contributed by atoms with Crippen LogP contribution in [0.4, 0.5) is 4.39 Å². The highest BCUT2D eigenvalue weighted by atomic mass is 19.1. The van der Waals surface area contributed by atoms with E-state index in [1.54, 1.807) is 12.1 Å². The lowest BCUT2D eigenvalue weighted by Gasteiger charge is -2.16. The smallest absolute Gasteiger partial charge is 0.123 e. The molecule has 0 aliphatic carbocycles. The summed E-state index contributed by atoms with van der Waals surface area (Å²) in [5.74, 6) is 0.450. The minimum atomic E-state index is -0.246. The molecule has 0 saturated carbocycles. The normalized spacial score (nSPS) is 11.0. The van der Waals surface area contributed by atoms with Crippen LogP contribution in [0.1, 0.15) is 5.56 Å². The Balaban J connectivity index is 1.65. The molecule has 2 aromatic rings. The molecule has 20 heavy (non-hydrogen) atoms. The highest BCUT2D eigenvalue weighted by molar-refractivity contribution is 5.21. The van der Waals surface area contributed by atoms with Gasteiger partial charge in [0, 0.05) is 19.3 Å². The summed E-state index contributed by atoms with van der Waals surface area (Å²) >= 11 is 0. The van der Waals surface area contributed by atoms with Gasteiger partial charge in [0.25, 0.3) is 0 Å². The molecule has 5 heteroatoms. The Morgan fingerprint density at radius 3 is 2.65 bits per heavy atom. The van der Waals surface area contributed by atoms with Crippen LogP contribution in [0, 0.1) is 12.7 Å². The Labute approximate surface area is 118 Å². The van der Waals surface area contributed by atoms with Gasteiger partial charge in [0.05, 0.1) is 12.7 Å². The highest BCUT2D eigenvalue weighted by Crippen LogP contribution is 2.10. The van der Waals surface area contributed by atoms with Crippen molar-refractivity contribution in [3.05, 3.63) is 48.0 Å². The number of benzene rings is 1. The molecule has 0 aliphatic heterocycles. The highest BCUT2D eigenvalue weighted by Gasteiger charge is 2.01. The molecule has 1 aromatic carbocycles. The molecular weight excluding hydrogens is 257 g/mol. The second kappa shape index (κ2) is 7.05. The molecule has 0 fully saturated rings. The van der Waals surface area contributed by atoms with Crippen LogP contribution in [-0.2, 0) is 6.54 Å². The summed E-state index contributed by atoms with van der Waals surface area (Å²) in [6.45, 7) is 5.20. The zero-order valence-electron chi connectivity index (χ0n) is 11.9. The molecule has 0 radical (unpaired) electrons. The lowest BCUT2D eigenvalue weighted by Crippen LogP contribution is -2.28. The molecule has 0 amide bonds. The molecule has 0 N–H and O–H groups in total. The predicted molar refractivity (Wildman–Crippen MR) is 76.4 cm³/mol. The molecule has 0 spiro atoms. The van der Waals surface area contributed by atoms with Crippen LogP contribution < -0.4 is 4.74 Å². The van der Waals surface area contributed by atoms with Gasteiger partial charge in [-0.25, -0.2) is 4.39 Å². The number of hydrogen-bond acceptors (Lipinski definition) is 3. The van der Waals surface area contributed by atoms with E-state index in [1.165, 1.54) is 17.7 Å². The van der Waals surface area contributed by atoms with Crippen LogP contribution in [0.3, 0.4) is 0 Å². The maximum atomic E-state index is 12.7. The van der Waals surface area contributed by atoms with Crippen molar-refractivity contribution in [1.82, 2.24) is 14.7 Å². The molecule has 0 saturated heterocycles. The van der Waals surface area contributed by atoms with Gasteiger partial charge in [-0.15, -0.1) is 0 Å². The van der Waals surface area contributed by atoms with Gasteiger partial charge in [-0.1, -0.05) is 0 Å². The van der Waals surface area contributed by atoms with E-state index >= 15 is 0 Å². The average Bonchev–Trinajstić information content (AvgIpc) is 2.85. The van der Waals surface area contributed by atoms with Crippen molar-refractivity contribution in [3.63, 3.8) is 0 Å². The van der Waals surface area contributed by atoms with Crippen LogP contribution >= 0.6 is 0 Å². The quantitative estimate of drug-likeness (QED) is 0.778. The van der Waals surface area contributed by atoms with Crippen molar-refractivity contribution in [2.24, 2.45) is 0 Å². The summed E-state index contributed by atoms with van der Waals surface area (Å²) in [7, 11) is 2.05.